The molecule has 0 spiro atoms. The summed E-state index contributed by atoms with van der Waals surface area (Å²) < 4.78 is 5.83. The lowest BCUT2D eigenvalue weighted by atomic mass is 10.0. The van der Waals surface area contributed by atoms with Crippen LogP contribution in [0.4, 0.5) is 5.69 Å². The molecule has 0 radical (unpaired) electrons. The lowest BCUT2D eigenvalue weighted by molar-refractivity contribution is 0.0988. The van der Waals surface area contributed by atoms with E-state index in [9.17, 15) is 4.79 Å². The quantitative estimate of drug-likeness (QED) is 0.768. The minimum atomic E-state index is 0.181. The third kappa shape index (κ3) is 2.35. The van der Waals surface area contributed by atoms with Gasteiger partial charge < -0.3 is 9.64 Å². The fraction of sp³-hybridized carbons (Fsp3) is 0.533. The number of benzene rings is 1. The zero-order chi connectivity index (χ0) is 13.3. The Morgan fingerprint density at radius 1 is 1.50 bits per heavy atom. The fourth-order valence-corrected chi connectivity index (χ4v) is 2.34. The molecule has 1 heterocycles. The first kappa shape index (κ1) is 12.9. The number of hydrogen-bond acceptors (Lipinski definition) is 3. The summed E-state index contributed by atoms with van der Waals surface area (Å²) in [5.41, 5.74) is 1.82. The van der Waals surface area contributed by atoms with Crippen LogP contribution in [0.3, 0.4) is 0 Å². The fourth-order valence-electron chi connectivity index (χ4n) is 2.34. The van der Waals surface area contributed by atoms with E-state index >= 15 is 0 Å². The first-order chi connectivity index (χ1) is 8.52. The van der Waals surface area contributed by atoms with Gasteiger partial charge in [0, 0.05) is 18.0 Å². The molecule has 0 amide bonds. The number of rotatable bonds is 3. The van der Waals surface area contributed by atoms with E-state index in [-0.39, 0.29) is 11.9 Å². The molecule has 3 heteroatoms. The van der Waals surface area contributed by atoms with Gasteiger partial charge in [-0.25, -0.2) is 0 Å². The van der Waals surface area contributed by atoms with Crippen molar-refractivity contribution in [3.8, 4) is 5.75 Å². The molecule has 2 rings (SSSR count). The van der Waals surface area contributed by atoms with Gasteiger partial charge in [0.2, 0.25) is 0 Å². The van der Waals surface area contributed by atoms with Crippen LogP contribution in [0.5, 0.6) is 5.75 Å². The average molecular weight is 247 g/mol. The Morgan fingerprint density at radius 3 is 2.83 bits per heavy atom. The minimum absolute atomic E-state index is 0.181. The summed E-state index contributed by atoms with van der Waals surface area (Å²) in [6.07, 6.45) is 0.727. The van der Waals surface area contributed by atoms with Crippen LogP contribution in [0.25, 0.3) is 0 Å². The molecule has 1 aliphatic heterocycles. The third-order valence-electron chi connectivity index (χ3n) is 3.32. The predicted octanol–water partition coefficient (Wildman–Crippen LogP) is 3.28. The van der Waals surface area contributed by atoms with E-state index in [1.54, 1.807) is 0 Å². The molecule has 3 nitrogen and oxygen atoms in total. The molecule has 0 N–H and O–H groups in total. The van der Waals surface area contributed by atoms with E-state index in [2.05, 4.69) is 25.7 Å². The zero-order valence-corrected chi connectivity index (χ0v) is 11.6. The monoisotopic (exact) mass is 247 g/mol. The summed E-state index contributed by atoms with van der Waals surface area (Å²) in [5, 5.41) is 0. The van der Waals surface area contributed by atoms with E-state index in [0.717, 1.165) is 23.5 Å². The van der Waals surface area contributed by atoms with Crippen molar-refractivity contribution in [2.45, 2.75) is 46.3 Å². The molecule has 18 heavy (non-hydrogen) atoms. The molecule has 0 saturated carbocycles. The van der Waals surface area contributed by atoms with Crippen LogP contribution in [0, 0.1) is 0 Å². The Labute approximate surface area is 109 Å². The molecular formula is C15H21NO2. The molecule has 1 atom stereocenters. The van der Waals surface area contributed by atoms with Crippen molar-refractivity contribution < 1.29 is 9.53 Å². The van der Waals surface area contributed by atoms with Crippen molar-refractivity contribution in [2.75, 3.05) is 11.4 Å². The normalized spacial score (nSPS) is 18.5. The SMILES string of the molecule is CCC(=O)c1ccc2c(c1)N(C(C)C)CC(C)O2. The molecule has 0 aliphatic carbocycles. The molecule has 0 saturated heterocycles. The van der Waals surface area contributed by atoms with Gasteiger partial charge in [-0.3, -0.25) is 4.79 Å². The number of anilines is 1. The standard InChI is InChI=1S/C15H21NO2/c1-5-14(17)12-6-7-15-13(8-12)16(10(2)3)9-11(4)18-15/h6-8,10-11H,5,9H2,1-4H3. The van der Waals surface area contributed by atoms with Crippen LogP contribution in [-0.2, 0) is 0 Å². The summed E-state index contributed by atoms with van der Waals surface area (Å²) in [7, 11) is 0. The average Bonchev–Trinajstić information content (AvgIpc) is 2.36. The number of Topliss-reactive ketones (excluding diaryl/α,β-unsaturated/α-hetero) is 1. The number of carbonyl (C=O) groups is 1. The topological polar surface area (TPSA) is 29.5 Å². The van der Waals surface area contributed by atoms with Crippen LogP contribution in [0.1, 0.15) is 44.5 Å². The number of carbonyl (C=O) groups excluding carboxylic acids is 1. The van der Waals surface area contributed by atoms with Crippen LogP contribution in [0.15, 0.2) is 18.2 Å². The smallest absolute Gasteiger partial charge is 0.162 e. The second kappa shape index (κ2) is 5.01. The van der Waals surface area contributed by atoms with E-state index in [1.807, 2.05) is 25.1 Å². The van der Waals surface area contributed by atoms with Crippen molar-refractivity contribution in [3.63, 3.8) is 0 Å². The van der Waals surface area contributed by atoms with Gasteiger partial charge in [-0.2, -0.15) is 0 Å². The Morgan fingerprint density at radius 2 is 2.22 bits per heavy atom. The second-order valence-corrected chi connectivity index (χ2v) is 5.13. The molecular weight excluding hydrogens is 226 g/mol. The van der Waals surface area contributed by atoms with Crippen LogP contribution < -0.4 is 9.64 Å². The highest BCUT2D eigenvalue weighted by Gasteiger charge is 2.25. The highest BCUT2D eigenvalue weighted by atomic mass is 16.5. The number of fused-ring (bicyclic) bond motifs is 1. The molecule has 98 valence electrons. The molecule has 0 bridgehead atoms. The lowest BCUT2D eigenvalue weighted by Gasteiger charge is -2.37. The molecule has 1 unspecified atom stereocenters. The first-order valence-corrected chi connectivity index (χ1v) is 6.63. The Hall–Kier alpha value is -1.51. The van der Waals surface area contributed by atoms with Crippen molar-refractivity contribution in [2.24, 2.45) is 0 Å². The predicted molar refractivity (Wildman–Crippen MR) is 73.6 cm³/mol. The number of ether oxygens (including phenoxy) is 1. The van der Waals surface area contributed by atoms with Gasteiger partial charge >= 0.3 is 0 Å². The zero-order valence-electron chi connectivity index (χ0n) is 11.6. The van der Waals surface area contributed by atoms with Crippen molar-refractivity contribution >= 4 is 11.5 Å². The van der Waals surface area contributed by atoms with Gasteiger partial charge in [-0.15, -0.1) is 0 Å². The highest BCUT2D eigenvalue weighted by Crippen LogP contribution is 2.35. The Bertz CT molecular complexity index is 454. The lowest BCUT2D eigenvalue weighted by Crippen LogP contribution is -2.42. The molecule has 0 fully saturated rings. The number of ketones is 1. The maximum atomic E-state index is 11.8. The van der Waals surface area contributed by atoms with Gasteiger partial charge in [-0.1, -0.05) is 6.92 Å². The van der Waals surface area contributed by atoms with E-state index in [0.29, 0.717) is 12.5 Å². The molecule has 1 aliphatic rings. The summed E-state index contributed by atoms with van der Waals surface area (Å²) in [4.78, 5) is 14.1. The highest BCUT2D eigenvalue weighted by molar-refractivity contribution is 5.97. The minimum Gasteiger partial charge on any atom is -0.487 e. The maximum absolute atomic E-state index is 11.8. The van der Waals surface area contributed by atoms with Crippen molar-refractivity contribution in [3.05, 3.63) is 23.8 Å². The molecule has 1 aromatic rings. The van der Waals surface area contributed by atoms with Gasteiger partial charge in [0.05, 0.1) is 12.2 Å². The summed E-state index contributed by atoms with van der Waals surface area (Å²) >= 11 is 0. The summed E-state index contributed by atoms with van der Waals surface area (Å²) in [6, 6.07) is 6.15. The van der Waals surface area contributed by atoms with E-state index in [4.69, 9.17) is 4.74 Å². The Kier molecular flexibility index (Phi) is 3.60. The van der Waals surface area contributed by atoms with Crippen LogP contribution in [0.2, 0.25) is 0 Å². The Balaban J connectivity index is 2.42. The van der Waals surface area contributed by atoms with Crippen LogP contribution in [-0.4, -0.2) is 24.5 Å². The third-order valence-corrected chi connectivity index (χ3v) is 3.32. The summed E-state index contributed by atoms with van der Waals surface area (Å²) in [5.74, 6) is 1.07. The van der Waals surface area contributed by atoms with Gasteiger partial charge in [0.25, 0.3) is 0 Å². The number of nitrogens with zero attached hydrogens (tertiary/aromatic N) is 1. The van der Waals surface area contributed by atoms with Gasteiger partial charge in [0.15, 0.2) is 5.78 Å². The van der Waals surface area contributed by atoms with Crippen molar-refractivity contribution in [1.29, 1.82) is 0 Å². The van der Waals surface area contributed by atoms with E-state index in [1.165, 1.54) is 0 Å². The second-order valence-electron chi connectivity index (χ2n) is 5.13. The molecule has 0 aromatic heterocycles. The maximum Gasteiger partial charge on any atom is 0.162 e. The first-order valence-electron chi connectivity index (χ1n) is 6.63. The summed E-state index contributed by atoms with van der Waals surface area (Å²) in [6.45, 7) is 9.16. The van der Waals surface area contributed by atoms with Crippen molar-refractivity contribution in [1.82, 2.24) is 0 Å². The van der Waals surface area contributed by atoms with E-state index < -0.39 is 0 Å². The van der Waals surface area contributed by atoms with Gasteiger partial charge in [0.1, 0.15) is 11.9 Å². The largest absolute Gasteiger partial charge is 0.487 e. The van der Waals surface area contributed by atoms with Crippen LogP contribution >= 0.6 is 0 Å². The number of hydrogen-bond donors (Lipinski definition) is 0. The molecule has 1 aromatic carbocycles. The van der Waals surface area contributed by atoms with Gasteiger partial charge in [-0.05, 0) is 39.0 Å².